The standard InChI is InChI=1S/C16H15FN4O2/c1-9-8-18-14-12(15(22)21(3)16(23)20(14)2)13(9)19-11-6-4-10(17)5-7-11/h4-8,12H,1-3H3/p+1. The summed E-state index contributed by atoms with van der Waals surface area (Å²) in [5.74, 6) is -0.899. The van der Waals surface area contributed by atoms with Crippen molar-refractivity contribution < 1.29 is 19.0 Å². The van der Waals surface area contributed by atoms with E-state index in [2.05, 4.69) is 9.98 Å². The molecule has 1 fully saturated rings. The van der Waals surface area contributed by atoms with Gasteiger partial charge in [0.25, 0.3) is 11.7 Å². The smallest absolute Gasteiger partial charge is 0.273 e. The van der Waals surface area contributed by atoms with Gasteiger partial charge in [0.05, 0.1) is 24.6 Å². The molecule has 0 bridgehead atoms. The van der Waals surface area contributed by atoms with Crippen LogP contribution in [0.5, 0.6) is 0 Å². The summed E-state index contributed by atoms with van der Waals surface area (Å²) in [6.07, 6.45) is 1.70. The number of rotatable bonds is 1. The summed E-state index contributed by atoms with van der Waals surface area (Å²) in [5.41, 5.74) is 1.87. The molecule has 1 aromatic carbocycles. The van der Waals surface area contributed by atoms with Gasteiger partial charge in [-0.2, -0.15) is 4.90 Å². The molecule has 1 atom stereocenters. The number of carbonyl (C=O) groups excluding carboxylic acids is 2. The molecule has 0 aromatic heterocycles. The van der Waals surface area contributed by atoms with E-state index < -0.39 is 11.9 Å². The molecule has 23 heavy (non-hydrogen) atoms. The van der Waals surface area contributed by atoms with E-state index in [1.165, 1.54) is 24.1 Å². The number of nitrogens with one attached hydrogen (secondary N) is 1. The van der Waals surface area contributed by atoms with Gasteiger partial charge < -0.3 is 0 Å². The molecule has 2 aliphatic rings. The van der Waals surface area contributed by atoms with Gasteiger partial charge in [0.2, 0.25) is 0 Å². The van der Waals surface area contributed by atoms with Crippen LogP contribution in [0, 0.1) is 11.7 Å². The third-order valence-corrected chi connectivity index (χ3v) is 3.98. The molecule has 1 N–H and O–H groups in total. The van der Waals surface area contributed by atoms with Crippen molar-refractivity contribution in [2.75, 3.05) is 14.1 Å². The van der Waals surface area contributed by atoms with Gasteiger partial charge in [-0.15, -0.1) is 0 Å². The first-order valence-corrected chi connectivity index (χ1v) is 7.10. The Hall–Kier alpha value is -2.83. The van der Waals surface area contributed by atoms with Crippen molar-refractivity contribution in [1.29, 1.82) is 0 Å². The van der Waals surface area contributed by atoms with Crippen molar-refractivity contribution in [2.45, 2.75) is 6.92 Å². The summed E-state index contributed by atoms with van der Waals surface area (Å²) in [4.78, 5) is 34.6. The minimum atomic E-state index is -0.683. The second-order valence-electron chi connectivity index (χ2n) is 5.50. The quantitative estimate of drug-likeness (QED) is 0.817. The molecule has 2 heterocycles. The fraction of sp³-hybridized carbons (Fsp3) is 0.250. The van der Waals surface area contributed by atoms with Gasteiger partial charge in [-0.3, -0.25) is 9.79 Å². The molecule has 1 unspecified atom stereocenters. The molecule has 3 amide bonds. The zero-order valence-electron chi connectivity index (χ0n) is 13.0. The lowest BCUT2D eigenvalue weighted by Crippen LogP contribution is -2.80. The predicted octanol–water partition coefficient (Wildman–Crippen LogP) is 0.435. The number of urea groups is 1. The van der Waals surface area contributed by atoms with Crippen LogP contribution in [0.2, 0.25) is 0 Å². The monoisotopic (exact) mass is 315 g/mol. The van der Waals surface area contributed by atoms with Crippen LogP contribution < -0.4 is 4.99 Å². The first kappa shape index (κ1) is 15.1. The van der Waals surface area contributed by atoms with E-state index in [1.807, 2.05) is 6.92 Å². The van der Waals surface area contributed by atoms with Gasteiger partial charge in [0, 0.05) is 12.6 Å². The van der Waals surface area contributed by atoms with Crippen molar-refractivity contribution in [3.8, 4) is 0 Å². The summed E-state index contributed by atoms with van der Waals surface area (Å²) in [5, 5.41) is 0. The number of carbonyl (C=O) groups is 2. The second-order valence-corrected chi connectivity index (χ2v) is 5.50. The summed E-state index contributed by atoms with van der Waals surface area (Å²) in [6, 6.07) is 5.32. The van der Waals surface area contributed by atoms with Gasteiger partial charge in [0.15, 0.2) is 5.92 Å². The van der Waals surface area contributed by atoms with Crippen LogP contribution >= 0.6 is 0 Å². The molecule has 0 aliphatic carbocycles. The minimum absolute atomic E-state index is 0.344. The number of halogens is 1. The van der Waals surface area contributed by atoms with E-state index in [0.717, 1.165) is 10.5 Å². The Bertz CT molecular complexity index is 780. The maximum atomic E-state index is 13.0. The Labute approximate surface area is 132 Å². The molecule has 6 nitrogen and oxygen atoms in total. The Morgan fingerprint density at radius 2 is 1.78 bits per heavy atom. The van der Waals surface area contributed by atoms with Crippen LogP contribution in [-0.2, 0) is 4.79 Å². The number of amides is 3. The summed E-state index contributed by atoms with van der Waals surface area (Å²) in [6.45, 7) is 1.83. The van der Waals surface area contributed by atoms with Crippen LogP contribution in [0.4, 0.5) is 14.9 Å². The van der Waals surface area contributed by atoms with E-state index in [-0.39, 0.29) is 11.7 Å². The Balaban J connectivity index is 2.09. The fourth-order valence-corrected chi connectivity index (χ4v) is 2.64. The first-order chi connectivity index (χ1) is 10.9. The van der Waals surface area contributed by atoms with Crippen molar-refractivity contribution in [2.24, 2.45) is 10.9 Å². The number of nitrogens with zero attached hydrogens (tertiary/aromatic N) is 3. The fourth-order valence-electron chi connectivity index (χ4n) is 2.64. The average molecular weight is 315 g/mol. The zero-order chi connectivity index (χ0) is 16.7. The third-order valence-electron chi connectivity index (χ3n) is 3.98. The van der Waals surface area contributed by atoms with Crippen molar-refractivity contribution in [3.63, 3.8) is 0 Å². The van der Waals surface area contributed by atoms with Crippen molar-refractivity contribution in [1.82, 2.24) is 9.80 Å². The number of allylic oxidation sites excluding steroid dienone is 1. The number of fused-ring (bicyclic) bond motifs is 1. The van der Waals surface area contributed by atoms with Crippen LogP contribution in [0.1, 0.15) is 6.92 Å². The number of amidine groups is 1. The van der Waals surface area contributed by atoms with E-state index in [0.29, 0.717) is 17.2 Å². The van der Waals surface area contributed by atoms with Crippen LogP contribution in [0.3, 0.4) is 0 Å². The number of hydrogen-bond donors (Lipinski definition) is 1. The second kappa shape index (κ2) is 5.42. The number of imide groups is 1. The van der Waals surface area contributed by atoms with Crippen LogP contribution in [0.25, 0.3) is 0 Å². The lowest BCUT2D eigenvalue weighted by atomic mass is 9.91. The largest absolute Gasteiger partial charge is 0.417 e. The molecule has 0 saturated carbocycles. The van der Waals surface area contributed by atoms with E-state index in [4.69, 9.17) is 0 Å². The maximum absolute atomic E-state index is 13.0. The van der Waals surface area contributed by atoms with Crippen LogP contribution in [-0.4, -0.2) is 47.4 Å². The number of hydrogen-bond acceptors (Lipinski definition) is 3. The summed E-state index contributed by atoms with van der Waals surface area (Å²) in [7, 11) is 3.05. The molecule has 0 spiro atoms. The van der Waals surface area contributed by atoms with Gasteiger partial charge in [-0.25, -0.2) is 19.1 Å². The summed E-state index contributed by atoms with van der Waals surface area (Å²) < 4.78 is 13.0. The molecular formula is C16H16FN4O2+. The Kier molecular flexibility index (Phi) is 3.55. The van der Waals surface area contributed by atoms with Gasteiger partial charge in [-0.05, 0) is 31.2 Å². The average Bonchev–Trinajstić information content (AvgIpc) is 2.54. The lowest BCUT2D eigenvalue weighted by molar-refractivity contribution is -0.383. The molecule has 0 radical (unpaired) electrons. The van der Waals surface area contributed by atoms with E-state index in [9.17, 15) is 14.0 Å². The molecule has 1 aromatic rings. The highest BCUT2D eigenvalue weighted by atomic mass is 19.1. The van der Waals surface area contributed by atoms with Crippen molar-refractivity contribution >= 4 is 29.2 Å². The molecule has 118 valence electrons. The zero-order valence-corrected chi connectivity index (χ0v) is 13.0. The SMILES string of the molecule is CC1=C[NH+]=C2C(C(=O)N(C)C(=O)N2C)C1=Nc1ccc(F)cc1. The first-order valence-electron chi connectivity index (χ1n) is 7.10. The molecule has 1 saturated heterocycles. The molecule has 2 aliphatic heterocycles. The highest BCUT2D eigenvalue weighted by molar-refractivity contribution is 6.31. The number of benzene rings is 1. The Morgan fingerprint density at radius 1 is 1.13 bits per heavy atom. The topological polar surface area (TPSA) is 67.0 Å². The van der Waals surface area contributed by atoms with E-state index in [1.54, 1.807) is 25.4 Å². The lowest BCUT2D eigenvalue weighted by Gasteiger charge is -2.32. The maximum Gasteiger partial charge on any atom is 0.417 e. The molecule has 7 heteroatoms. The van der Waals surface area contributed by atoms with Gasteiger partial charge in [-0.1, -0.05) is 0 Å². The normalized spacial score (nSPS) is 23.0. The Morgan fingerprint density at radius 3 is 2.43 bits per heavy atom. The number of aliphatic imine (C=N–C) groups is 1. The predicted molar refractivity (Wildman–Crippen MR) is 82.6 cm³/mol. The van der Waals surface area contributed by atoms with Crippen LogP contribution in [0.15, 0.2) is 41.0 Å². The highest BCUT2D eigenvalue weighted by Gasteiger charge is 2.50. The van der Waals surface area contributed by atoms with Crippen molar-refractivity contribution in [3.05, 3.63) is 41.9 Å². The third kappa shape index (κ3) is 2.44. The van der Waals surface area contributed by atoms with E-state index >= 15 is 0 Å². The van der Waals surface area contributed by atoms with Gasteiger partial charge >= 0.3 is 6.03 Å². The van der Waals surface area contributed by atoms with Gasteiger partial charge in [0.1, 0.15) is 5.82 Å². The summed E-state index contributed by atoms with van der Waals surface area (Å²) >= 11 is 0. The molecular weight excluding hydrogens is 299 g/mol. The molecule has 3 rings (SSSR count). The minimum Gasteiger partial charge on any atom is -0.273 e. The highest BCUT2D eigenvalue weighted by Crippen LogP contribution is 2.24.